The lowest BCUT2D eigenvalue weighted by molar-refractivity contribution is -0.133. The maximum atomic E-state index is 11.6. The van der Waals surface area contributed by atoms with Crippen LogP contribution in [0.2, 0.25) is 0 Å². The van der Waals surface area contributed by atoms with Gasteiger partial charge in [-0.1, -0.05) is 30.3 Å². The van der Waals surface area contributed by atoms with Crippen molar-refractivity contribution >= 4 is 11.9 Å². The minimum Gasteiger partial charge on any atom is -0.341 e. The molecule has 0 aliphatic carbocycles. The fourth-order valence-corrected chi connectivity index (χ4v) is 2.24. The Kier molecular flexibility index (Phi) is 5.41. The SMILES string of the molecule is O=C(NCCN1CCCCC1=O)NCc1ccccc1. The molecule has 5 heteroatoms. The van der Waals surface area contributed by atoms with Gasteiger partial charge in [-0.25, -0.2) is 4.79 Å². The molecule has 20 heavy (non-hydrogen) atoms. The molecule has 108 valence electrons. The van der Waals surface area contributed by atoms with Crippen LogP contribution in [0.5, 0.6) is 0 Å². The zero-order chi connectivity index (χ0) is 14.2. The van der Waals surface area contributed by atoms with Crippen molar-refractivity contribution in [1.29, 1.82) is 0 Å². The molecule has 2 rings (SSSR count). The molecular weight excluding hydrogens is 254 g/mol. The van der Waals surface area contributed by atoms with Gasteiger partial charge in [-0.05, 0) is 18.4 Å². The van der Waals surface area contributed by atoms with Gasteiger partial charge in [0.15, 0.2) is 0 Å². The third-order valence-electron chi connectivity index (χ3n) is 3.38. The molecule has 0 unspecified atom stereocenters. The highest BCUT2D eigenvalue weighted by Gasteiger charge is 2.17. The summed E-state index contributed by atoms with van der Waals surface area (Å²) in [6.45, 7) is 2.41. The Morgan fingerprint density at radius 2 is 1.95 bits per heavy atom. The molecule has 0 bridgehead atoms. The Balaban J connectivity index is 1.61. The summed E-state index contributed by atoms with van der Waals surface area (Å²) < 4.78 is 0. The predicted octanol–water partition coefficient (Wildman–Crippen LogP) is 1.50. The van der Waals surface area contributed by atoms with E-state index in [1.54, 1.807) is 0 Å². The van der Waals surface area contributed by atoms with Gasteiger partial charge in [0.2, 0.25) is 5.91 Å². The number of hydrogen-bond donors (Lipinski definition) is 2. The van der Waals surface area contributed by atoms with Crippen LogP contribution < -0.4 is 10.6 Å². The highest BCUT2D eigenvalue weighted by atomic mass is 16.2. The number of amides is 3. The van der Waals surface area contributed by atoms with Crippen LogP contribution >= 0.6 is 0 Å². The average molecular weight is 275 g/mol. The largest absolute Gasteiger partial charge is 0.341 e. The van der Waals surface area contributed by atoms with Crippen LogP contribution in [-0.4, -0.2) is 36.5 Å². The summed E-state index contributed by atoms with van der Waals surface area (Å²) in [6.07, 6.45) is 2.69. The normalized spacial score (nSPS) is 15.0. The average Bonchev–Trinajstić information content (AvgIpc) is 2.48. The van der Waals surface area contributed by atoms with Gasteiger partial charge >= 0.3 is 6.03 Å². The van der Waals surface area contributed by atoms with E-state index < -0.39 is 0 Å². The fourth-order valence-electron chi connectivity index (χ4n) is 2.24. The first-order chi connectivity index (χ1) is 9.75. The quantitative estimate of drug-likeness (QED) is 0.855. The van der Waals surface area contributed by atoms with E-state index in [9.17, 15) is 9.59 Å². The van der Waals surface area contributed by atoms with E-state index in [0.717, 1.165) is 24.9 Å². The van der Waals surface area contributed by atoms with E-state index in [0.29, 0.717) is 26.1 Å². The molecule has 1 heterocycles. The summed E-state index contributed by atoms with van der Waals surface area (Å²) in [5, 5.41) is 5.57. The van der Waals surface area contributed by atoms with Crippen molar-refractivity contribution < 1.29 is 9.59 Å². The summed E-state index contributed by atoms with van der Waals surface area (Å²) in [6, 6.07) is 9.56. The number of rotatable bonds is 5. The molecule has 0 saturated carbocycles. The zero-order valence-electron chi connectivity index (χ0n) is 11.6. The van der Waals surface area contributed by atoms with Crippen molar-refractivity contribution in [1.82, 2.24) is 15.5 Å². The Bertz CT molecular complexity index is 448. The molecule has 0 atom stereocenters. The molecule has 5 nitrogen and oxygen atoms in total. The van der Waals surface area contributed by atoms with Crippen LogP contribution in [0.4, 0.5) is 4.79 Å². The van der Waals surface area contributed by atoms with Crippen molar-refractivity contribution in [2.24, 2.45) is 0 Å². The van der Waals surface area contributed by atoms with Gasteiger partial charge in [0.1, 0.15) is 0 Å². The number of likely N-dealkylation sites (tertiary alicyclic amines) is 1. The van der Waals surface area contributed by atoms with Crippen molar-refractivity contribution in [2.45, 2.75) is 25.8 Å². The summed E-state index contributed by atoms with van der Waals surface area (Å²) in [5.41, 5.74) is 1.06. The second-order valence-electron chi connectivity index (χ2n) is 4.93. The third kappa shape index (κ3) is 4.57. The van der Waals surface area contributed by atoms with Crippen LogP contribution in [0.25, 0.3) is 0 Å². The van der Waals surface area contributed by atoms with Crippen molar-refractivity contribution in [2.75, 3.05) is 19.6 Å². The molecule has 1 aliphatic heterocycles. The number of hydrogen-bond acceptors (Lipinski definition) is 2. The second kappa shape index (κ2) is 7.53. The van der Waals surface area contributed by atoms with Gasteiger partial charge in [-0.2, -0.15) is 0 Å². The molecule has 0 spiro atoms. The number of carbonyl (C=O) groups excluding carboxylic acids is 2. The number of nitrogens with one attached hydrogen (secondary N) is 2. The second-order valence-corrected chi connectivity index (χ2v) is 4.93. The Morgan fingerprint density at radius 3 is 2.70 bits per heavy atom. The van der Waals surface area contributed by atoms with E-state index in [2.05, 4.69) is 10.6 Å². The molecule has 1 aromatic rings. The number of urea groups is 1. The minimum atomic E-state index is -0.196. The lowest BCUT2D eigenvalue weighted by atomic mass is 10.1. The summed E-state index contributed by atoms with van der Waals surface area (Å²) in [7, 11) is 0. The van der Waals surface area contributed by atoms with Crippen LogP contribution in [0, 0.1) is 0 Å². The maximum absolute atomic E-state index is 11.6. The molecule has 1 saturated heterocycles. The Labute approximate surface area is 119 Å². The number of piperidine rings is 1. The number of carbonyl (C=O) groups is 2. The summed E-state index contributed by atoms with van der Waals surface area (Å²) >= 11 is 0. The first-order valence-corrected chi connectivity index (χ1v) is 7.09. The minimum absolute atomic E-state index is 0.196. The lowest BCUT2D eigenvalue weighted by Gasteiger charge is -2.26. The van der Waals surface area contributed by atoms with Gasteiger partial charge in [0.05, 0.1) is 0 Å². The van der Waals surface area contributed by atoms with E-state index in [1.165, 1.54) is 0 Å². The maximum Gasteiger partial charge on any atom is 0.315 e. The molecule has 3 amide bonds. The van der Waals surface area contributed by atoms with Crippen molar-refractivity contribution in [3.8, 4) is 0 Å². The number of nitrogens with zero attached hydrogens (tertiary/aromatic N) is 1. The molecule has 0 radical (unpaired) electrons. The first kappa shape index (κ1) is 14.4. The van der Waals surface area contributed by atoms with Crippen LogP contribution in [0.15, 0.2) is 30.3 Å². The molecule has 2 N–H and O–H groups in total. The van der Waals surface area contributed by atoms with Crippen LogP contribution in [0.3, 0.4) is 0 Å². The molecule has 0 aromatic heterocycles. The van der Waals surface area contributed by atoms with Crippen molar-refractivity contribution in [3.05, 3.63) is 35.9 Å². The van der Waals surface area contributed by atoms with Gasteiger partial charge in [-0.15, -0.1) is 0 Å². The van der Waals surface area contributed by atoms with Gasteiger partial charge in [0, 0.05) is 32.6 Å². The van der Waals surface area contributed by atoms with Crippen LogP contribution in [-0.2, 0) is 11.3 Å². The van der Waals surface area contributed by atoms with E-state index in [1.807, 2.05) is 35.2 Å². The summed E-state index contributed by atoms with van der Waals surface area (Å²) in [4.78, 5) is 25.0. The third-order valence-corrected chi connectivity index (χ3v) is 3.38. The smallest absolute Gasteiger partial charge is 0.315 e. The lowest BCUT2D eigenvalue weighted by Crippen LogP contribution is -2.43. The monoisotopic (exact) mass is 275 g/mol. The van der Waals surface area contributed by atoms with E-state index in [-0.39, 0.29) is 11.9 Å². The van der Waals surface area contributed by atoms with Crippen LogP contribution in [0.1, 0.15) is 24.8 Å². The Hall–Kier alpha value is -2.04. The highest BCUT2D eigenvalue weighted by Crippen LogP contribution is 2.09. The summed E-state index contributed by atoms with van der Waals surface area (Å²) in [5.74, 6) is 0.197. The molecule has 1 aliphatic rings. The molecule has 1 aromatic carbocycles. The van der Waals surface area contributed by atoms with Gasteiger partial charge in [-0.3, -0.25) is 4.79 Å². The zero-order valence-corrected chi connectivity index (χ0v) is 11.6. The standard InChI is InChI=1S/C15H21N3O2/c19-14-8-4-5-10-18(14)11-9-16-15(20)17-12-13-6-2-1-3-7-13/h1-3,6-7H,4-5,8-12H2,(H2,16,17,20). The van der Waals surface area contributed by atoms with Gasteiger partial charge in [0.25, 0.3) is 0 Å². The fraction of sp³-hybridized carbons (Fsp3) is 0.467. The first-order valence-electron chi connectivity index (χ1n) is 7.09. The Morgan fingerprint density at radius 1 is 1.15 bits per heavy atom. The van der Waals surface area contributed by atoms with E-state index in [4.69, 9.17) is 0 Å². The van der Waals surface area contributed by atoms with Crippen molar-refractivity contribution in [3.63, 3.8) is 0 Å². The molecular formula is C15H21N3O2. The number of benzene rings is 1. The predicted molar refractivity (Wildman–Crippen MR) is 77.1 cm³/mol. The molecule has 1 fully saturated rings. The van der Waals surface area contributed by atoms with E-state index >= 15 is 0 Å². The highest BCUT2D eigenvalue weighted by molar-refractivity contribution is 5.77. The van der Waals surface area contributed by atoms with Gasteiger partial charge < -0.3 is 15.5 Å². The topological polar surface area (TPSA) is 61.4 Å².